The predicted octanol–water partition coefficient (Wildman–Crippen LogP) is 4.32. The molecule has 3 aromatic heterocycles. The number of nitrogens with two attached hydrogens (primary N) is 1. The number of anilines is 3. The molecule has 0 aromatic carbocycles. The van der Waals surface area contributed by atoms with Crippen molar-refractivity contribution in [2.24, 2.45) is 11.3 Å². The Morgan fingerprint density at radius 1 is 1.10 bits per heavy atom. The third kappa shape index (κ3) is 6.47. The summed E-state index contributed by atoms with van der Waals surface area (Å²) >= 11 is 0. The fourth-order valence-corrected chi connectivity index (χ4v) is 5.88. The summed E-state index contributed by atoms with van der Waals surface area (Å²) in [7, 11) is -4.26. The van der Waals surface area contributed by atoms with Crippen molar-refractivity contribution >= 4 is 33.4 Å². The normalized spacial score (nSPS) is 17.2. The first-order valence-corrected chi connectivity index (χ1v) is 14.4. The summed E-state index contributed by atoms with van der Waals surface area (Å²) in [4.78, 5) is 28.7. The number of hydrogen-bond acceptors (Lipinski definition) is 9. The third-order valence-corrected chi connectivity index (χ3v) is 7.95. The van der Waals surface area contributed by atoms with Gasteiger partial charge in [0.1, 0.15) is 22.3 Å². The van der Waals surface area contributed by atoms with E-state index in [1.807, 2.05) is 18.2 Å². The molecule has 4 rings (SSSR count). The molecule has 10 nitrogen and oxygen atoms in total. The molecule has 0 spiro atoms. The highest BCUT2D eigenvalue weighted by Gasteiger charge is 2.39. The summed E-state index contributed by atoms with van der Waals surface area (Å²) in [5.41, 5.74) is 6.92. The molecule has 0 saturated carbocycles. The molecule has 0 aliphatic carbocycles. The first-order chi connectivity index (χ1) is 18.2. The van der Waals surface area contributed by atoms with Crippen LogP contribution in [-0.2, 0) is 10.0 Å². The molecule has 0 bridgehead atoms. The molecule has 4 N–H and O–H groups in total. The van der Waals surface area contributed by atoms with Crippen molar-refractivity contribution in [1.82, 2.24) is 19.7 Å². The maximum Gasteiger partial charge on any atom is 0.268 e. The van der Waals surface area contributed by atoms with Gasteiger partial charge in [-0.1, -0.05) is 33.8 Å². The maximum absolute atomic E-state index is 13.5. The number of nitrogen functional groups attached to an aromatic ring is 1. The van der Waals surface area contributed by atoms with Crippen LogP contribution in [0.4, 0.5) is 17.5 Å². The van der Waals surface area contributed by atoms with Gasteiger partial charge in [0.15, 0.2) is 0 Å². The lowest BCUT2D eigenvalue weighted by atomic mass is 9.97. The van der Waals surface area contributed by atoms with E-state index in [9.17, 15) is 13.2 Å². The topological polar surface area (TPSA) is 143 Å². The van der Waals surface area contributed by atoms with E-state index in [0.29, 0.717) is 29.7 Å². The van der Waals surface area contributed by atoms with Crippen molar-refractivity contribution in [2.45, 2.75) is 58.4 Å². The van der Waals surface area contributed by atoms with Gasteiger partial charge in [-0.2, -0.15) is 0 Å². The lowest BCUT2D eigenvalue weighted by Gasteiger charge is -2.34. The molecule has 39 heavy (non-hydrogen) atoms. The van der Waals surface area contributed by atoms with Crippen molar-refractivity contribution in [3.63, 3.8) is 0 Å². The Balaban J connectivity index is 1.74. The number of nitrogens with one attached hydrogen (secondary N) is 2. The minimum absolute atomic E-state index is 0.0803. The average Bonchev–Trinajstić information content (AvgIpc) is 3.13. The van der Waals surface area contributed by atoms with Crippen LogP contribution in [0.15, 0.2) is 53.6 Å². The zero-order valence-electron chi connectivity index (χ0n) is 23.3. The molecule has 1 atom stereocenters. The number of rotatable bonds is 7. The average molecular weight is 552 g/mol. The summed E-state index contributed by atoms with van der Waals surface area (Å²) in [5, 5.41) is 3.36. The van der Waals surface area contributed by atoms with Gasteiger partial charge in [-0.15, -0.1) is 0 Å². The van der Waals surface area contributed by atoms with Crippen LogP contribution in [0, 0.1) is 11.3 Å². The van der Waals surface area contributed by atoms with Gasteiger partial charge >= 0.3 is 0 Å². The zero-order valence-corrected chi connectivity index (χ0v) is 24.1. The van der Waals surface area contributed by atoms with Crippen molar-refractivity contribution in [3.8, 4) is 11.4 Å². The molecular formula is C28H37N7O3S. The van der Waals surface area contributed by atoms with Gasteiger partial charge in [-0.3, -0.25) is 4.79 Å². The molecule has 1 aliphatic rings. The second kappa shape index (κ2) is 10.4. The van der Waals surface area contributed by atoms with Crippen molar-refractivity contribution in [3.05, 3.63) is 54.2 Å². The Kier molecular flexibility index (Phi) is 7.57. The van der Waals surface area contributed by atoms with E-state index in [0.717, 1.165) is 18.8 Å². The van der Waals surface area contributed by atoms with Crippen molar-refractivity contribution in [2.75, 3.05) is 29.0 Å². The Morgan fingerprint density at radius 3 is 2.46 bits per heavy atom. The number of carbonyl (C=O) groups is 1. The fraction of sp³-hybridized carbons (Fsp3) is 0.429. The van der Waals surface area contributed by atoms with E-state index in [-0.39, 0.29) is 27.2 Å². The lowest BCUT2D eigenvalue weighted by molar-refractivity contribution is 0.0981. The van der Waals surface area contributed by atoms with E-state index < -0.39 is 15.9 Å². The van der Waals surface area contributed by atoms with Crippen LogP contribution in [0.2, 0.25) is 0 Å². The van der Waals surface area contributed by atoms with Crippen LogP contribution < -0.4 is 20.7 Å². The number of pyridine rings is 3. The summed E-state index contributed by atoms with van der Waals surface area (Å²) in [6, 6.07) is 11.7. The van der Waals surface area contributed by atoms with E-state index in [1.165, 1.54) is 18.3 Å². The van der Waals surface area contributed by atoms with Gasteiger partial charge in [0.05, 0.1) is 17.0 Å². The fourth-order valence-electron chi connectivity index (χ4n) is 4.83. The number of hydrogen-bond donors (Lipinski definition) is 3. The quantitative estimate of drug-likeness (QED) is 0.391. The van der Waals surface area contributed by atoms with Crippen LogP contribution in [0.5, 0.6) is 0 Å². The second-order valence-electron chi connectivity index (χ2n) is 11.9. The van der Waals surface area contributed by atoms with Crippen LogP contribution in [0.25, 0.3) is 11.4 Å². The second-order valence-corrected chi connectivity index (χ2v) is 13.6. The summed E-state index contributed by atoms with van der Waals surface area (Å²) in [6.07, 6.45) is 2.28. The maximum atomic E-state index is 13.5. The molecule has 4 heterocycles. The van der Waals surface area contributed by atoms with Gasteiger partial charge < -0.3 is 16.0 Å². The molecule has 1 saturated heterocycles. The van der Waals surface area contributed by atoms with Gasteiger partial charge in [-0.05, 0) is 68.0 Å². The van der Waals surface area contributed by atoms with Crippen LogP contribution in [0.3, 0.4) is 0 Å². The standard InChI is InChI=1S/C28H37N7O3S/c1-18-15-28(5,6)35(16-18)25-19(26(36)34-39(37,38)22-10-8-14-30-24(22)29)12-13-21(33-25)20-9-7-11-23(32-20)31-17-27(2,3)4/h7-14,18H,15-17H2,1-6H3,(H2,29,30)(H,31,32)(H,34,36)/t18-/m0/s1. The van der Waals surface area contributed by atoms with E-state index in [2.05, 4.69) is 61.5 Å². The number of sulfonamides is 1. The highest BCUT2D eigenvalue weighted by atomic mass is 32.2. The van der Waals surface area contributed by atoms with Crippen molar-refractivity contribution in [1.29, 1.82) is 0 Å². The Bertz CT molecular complexity index is 1480. The molecule has 0 unspecified atom stereocenters. The third-order valence-electron chi connectivity index (χ3n) is 6.58. The van der Waals surface area contributed by atoms with E-state index in [4.69, 9.17) is 15.7 Å². The molecule has 208 valence electrons. The van der Waals surface area contributed by atoms with E-state index >= 15 is 0 Å². The Hall–Kier alpha value is -3.73. The Labute approximate surface area is 230 Å². The van der Waals surface area contributed by atoms with Gasteiger partial charge in [-0.25, -0.2) is 28.1 Å². The monoisotopic (exact) mass is 551 g/mol. The van der Waals surface area contributed by atoms with Crippen LogP contribution >= 0.6 is 0 Å². The first kappa shape index (κ1) is 28.3. The highest BCUT2D eigenvalue weighted by molar-refractivity contribution is 7.90. The molecule has 1 amide bonds. The molecule has 0 radical (unpaired) electrons. The van der Waals surface area contributed by atoms with Gasteiger partial charge in [0.25, 0.3) is 15.9 Å². The first-order valence-electron chi connectivity index (χ1n) is 12.9. The summed E-state index contributed by atoms with van der Waals surface area (Å²) in [6.45, 7) is 14.2. The predicted molar refractivity (Wildman–Crippen MR) is 154 cm³/mol. The lowest BCUT2D eigenvalue weighted by Crippen LogP contribution is -2.41. The molecule has 1 fully saturated rings. The zero-order chi connectivity index (χ0) is 28.6. The van der Waals surface area contributed by atoms with Crippen molar-refractivity contribution < 1.29 is 13.2 Å². The van der Waals surface area contributed by atoms with Gasteiger partial charge in [0, 0.05) is 24.8 Å². The highest BCUT2D eigenvalue weighted by Crippen LogP contribution is 2.38. The molecular weight excluding hydrogens is 514 g/mol. The number of aromatic nitrogens is 3. The van der Waals surface area contributed by atoms with E-state index in [1.54, 1.807) is 12.1 Å². The number of nitrogens with zero attached hydrogens (tertiary/aromatic N) is 4. The van der Waals surface area contributed by atoms with Crippen LogP contribution in [0.1, 0.15) is 58.3 Å². The van der Waals surface area contributed by atoms with Gasteiger partial charge in [0.2, 0.25) is 0 Å². The summed E-state index contributed by atoms with van der Waals surface area (Å²) in [5.74, 6) is 0.512. The molecule has 3 aromatic rings. The SMILES string of the molecule is C[C@@H]1CN(c2nc(-c3cccc(NCC(C)(C)C)n3)ccc2C(=O)NS(=O)(=O)c2cccnc2N)C(C)(C)C1. The molecule has 11 heteroatoms. The minimum Gasteiger partial charge on any atom is -0.383 e. The Morgan fingerprint density at radius 2 is 1.82 bits per heavy atom. The van der Waals surface area contributed by atoms with Crippen LogP contribution in [-0.4, -0.2) is 47.9 Å². The number of carbonyl (C=O) groups excluding carboxylic acids is 1. The minimum atomic E-state index is -4.26. The number of amides is 1. The smallest absolute Gasteiger partial charge is 0.268 e. The summed E-state index contributed by atoms with van der Waals surface area (Å²) < 4.78 is 28.2. The molecule has 1 aliphatic heterocycles. The largest absolute Gasteiger partial charge is 0.383 e.